The van der Waals surface area contributed by atoms with Gasteiger partial charge >= 0.3 is 0 Å². The number of fused-ring (bicyclic) bond motifs is 1. The standard InChI is InChI=1S/C18H18N2O2/c1-11-9-14-17(15(21)10-11)18(16-7-4-8-22-16)20-13-6-3-2-5-12(13)19-14/h2-8,11,18-20H,9-10H2,1H3. The van der Waals surface area contributed by atoms with E-state index in [0.29, 0.717) is 12.3 Å². The zero-order chi connectivity index (χ0) is 15.1. The third kappa shape index (κ3) is 2.11. The van der Waals surface area contributed by atoms with E-state index in [1.807, 2.05) is 36.4 Å². The molecule has 22 heavy (non-hydrogen) atoms. The van der Waals surface area contributed by atoms with Gasteiger partial charge in [-0.2, -0.15) is 0 Å². The first-order chi connectivity index (χ1) is 10.7. The highest BCUT2D eigenvalue weighted by Crippen LogP contribution is 2.41. The summed E-state index contributed by atoms with van der Waals surface area (Å²) in [6.07, 6.45) is 3.13. The van der Waals surface area contributed by atoms with Gasteiger partial charge < -0.3 is 15.1 Å². The molecule has 2 unspecified atom stereocenters. The fraction of sp³-hybridized carbons (Fsp3) is 0.278. The third-order valence-electron chi connectivity index (χ3n) is 4.34. The van der Waals surface area contributed by atoms with Gasteiger partial charge in [-0.3, -0.25) is 4.79 Å². The molecule has 0 bridgehead atoms. The van der Waals surface area contributed by atoms with E-state index in [1.54, 1.807) is 6.26 Å². The Morgan fingerprint density at radius 2 is 1.91 bits per heavy atom. The number of rotatable bonds is 1. The molecule has 1 aliphatic carbocycles. The van der Waals surface area contributed by atoms with Crippen molar-refractivity contribution in [3.8, 4) is 0 Å². The number of carbonyl (C=O) groups is 1. The first-order valence-electron chi connectivity index (χ1n) is 7.64. The summed E-state index contributed by atoms with van der Waals surface area (Å²) in [4.78, 5) is 12.7. The SMILES string of the molecule is CC1CC(=O)C2=C(C1)Nc1ccccc1NC2c1ccco1. The minimum atomic E-state index is -0.235. The Hall–Kier alpha value is -2.49. The molecule has 0 saturated carbocycles. The summed E-state index contributed by atoms with van der Waals surface area (Å²) in [6.45, 7) is 2.12. The molecular formula is C18H18N2O2. The quantitative estimate of drug-likeness (QED) is 0.831. The predicted octanol–water partition coefficient (Wildman–Crippen LogP) is 4.11. The fourth-order valence-electron chi connectivity index (χ4n) is 3.36. The van der Waals surface area contributed by atoms with Crippen molar-refractivity contribution in [3.05, 3.63) is 59.7 Å². The molecule has 0 saturated heterocycles. The van der Waals surface area contributed by atoms with Gasteiger partial charge in [0.25, 0.3) is 0 Å². The number of nitrogens with one attached hydrogen (secondary N) is 2. The maximum absolute atomic E-state index is 12.7. The first kappa shape index (κ1) is 13.2. The van der Waals surface area contributed by atoms with E-state index < -0.39 is 0 Å². The van der Waals surface area contributed by atoms with Gasteiger partial charge in [0.1, 0.15) is 11.8 Å². The normalized spacial score (nSPS) is 24.0. The van der Waals surface area contributed by atoms with E-state index in [2.05, 4.69) is 17.6 Å². The zero-order valence-corrected chi connectivity index (χ0v) is 12.4. The van der Waals surface area contributed by atoms with Gasteiger partial charge in [-0.1, -0.05) is 19.1 Å². The molecule has 2 N–H and O–H groups in total. The van der Waals surface area contributed by atoms with Crippen LogP contribution in [0.4, 0.5) is 11.4 Å². The van der Waals surface area contributed by atoms with Gasteiger partial charge in [0.05, 0.1) is 17.6 Å². The van der Waals surface area contributed by atoms with Crippen LogP contribution in [0.1, 0.15) is 31.6 Å². The molecule has 0 radical (unpaired) electrons. The van der Waals surface area contributed by atoms with Crippen LogP contribution in [0.15, 0.2) is 58.3 Å². The zero-order valence-electron chi connectivity index (χ0n) is 12.4. The second-order valence-corrected chi connectivity index (χ2v) is 6.09. The number of furan rings is 1. The summed E-state index contributed by atoms with van der Waals surface area (Å²) in [5, 5.41) is 6.94. The number of Topliss-reactive ketones (excluding diaryl/α,β-unsaturated/α-hetero) is 1. The smallest absolute Gasteiger partial charge is 0.163 e. The Labute approximate surface area is 129 Å². The summed E-state index contributed by atoms with van der Waals surface area (Å²) in [7, 11) is 0. The Kier molecular flexibility index (Phi) is 3.03. The molecular weight excluding hydrogens is 276 g/mol. The number of allylic oxidation sites excluding steroid dienone is 1. The molecule has 1 aromatic heterocycles. The average Bonchev–Trinajstić information content (AvgIpc) is 2.95. The molecule has 2 atom stereocenters. The van der Waals surface area contributed by atoms with Crippen LogP contribution in [0.3, 0.4) is 0 Å². The van der Waals surface area contributed by atoms with E-state index in [0.717, 1.165) is 34.8 Å². The number of anilines is 2. The molecule has 1 aliphatic heterocycles. The molecule has 1 aromatic carbocycles. The third-order valence-corrected chi connectivity index (χ3v) is 4.34. The Morgan fingerprint density at radius 3 is 2.68 bits per heavy atom. The highest BCUT2D eigenvalue weighted by Gasteiger charge is 2.35. The van der Waals surface area contributed by atoms with Gasteiger partial charge in [0.2, 0.25) is 0 Å². The number of carbonyl (C=O) groups excluding carboxylic acids is 1. The Morgan fingerprint density at radius 1 is 1.09 bits per heavy atom. The van der Waals surface area contributed by atoms with Crippen molar-refractivity contribution in [2.45, 2.75) is 25.8 Å². The van der Waals surface area contributed by atoms with Gasteiger partial charge in [0.15, 0.2) is 5.78 Å². The van der Waals surface area contributed by atoms with Crippen molar-refractivity contribution in [1.82, 2.24) is 0 Å². The summed E-state index contributed by atoms with van der Waals surface area (Å²) in [5.41, 5.74) is 3.82. The largest absolute Gasteiger partial charge is 0.467 e. The molecule has 2 aliphatic rings. The monoisotopic (exact) mass is 294 g/mol. The molecule has 2 aromatic rings. The van der Waals surface area contributed by atoms with Crippen LogP contribution in [0, 0.1) is 5.92 Å². The number of hydrogen-bond donors (Lipinski definition) is 2. The van der Waals surface area contributed by atoms with Crippen LogP contribution in [0.25, 0.3) is 0 Å². The highest BCUT2D eigenvalue weighted by molar-refractivity contribution is 6.00. The van der Waals surface area contributed by atoms with E-state index in [9.17, 15) is 4.79 Å². The minimum absolute atomic E-state index is 0.197. The van der Waals surface area contributed by atoms with Crippen LogP contribution in [-0.4, -0.2) is 5.78 Å². The molecule has 0 spiro atoms. The molecule has 0 amide bonds. The fourth-order valence-corrected chi connectivity index (χ4v) is 3.36. The van der Waals surface area contributed by atoms with Gasteiger partial charge in [-0.05, 0) is 36.6 Å². The molecule has 4 nitrogen and oxygen atoms in total. The topological polar surface area (TPSA) is 54.3 Å². The van der Waals surface area contributed by atoms with Gasteiger partial charge in [-0.15, -0.1) is 0 Å². The van der Waals surface area contributed by atoms with E-state index in [-0.39, 0.29) is 11.8 Å². The second kappa shape index (κ2) is 5.05. The summed E-state index contributed by atoms with van der Waals surface area (Å²) in [5.74, 6) is 1.33. The first-order valence-corrected chi connectivity index (χ1v) is 7.64. The van der Waals surface area contributed by atoms with Crippen molar-refractivity contribution < 1.29 is 9.21 Å². The minimum Gasteiger partial charge on any atom is -0.467 e. The predicted molar refractivity (Wildman–Crippen MR) is 85.6 cm³/mol. The lowest BCUT2D eigenvalue weighted by Gasteiger charge is -2.26. The number of ketones is 1. The number of hydrogen-bond acceptors (Lipinski definition) is 4. The van der Waals surface area contributed by atoms with Gasteiger partial charge in [-0.25, -0.2) is 0 Å². The molecule has 4 heteroatoms. The maximum Gasteiger partial charge on any atom is 0.163 e. The summed E-state index contributed by atoms with van der Waals surface area (Å²) in [6, 6.07) is 11.6. The van der Waals surface area contributed by atoms with Crippen LogP contribution >= 0.6 is 0 Å². The highest BCUT2D eigenvalue weighted by atomic mass is 16.3. The van der Waals surface area contributed by atoms with Crippen LogP contribution < -0.4 is 10.6 Å². The van der Waals surface area contributed by atoms with Crippen molar-refractivity contribution in [2.75, 3.05) is 10.6 Å². The van der Waals surface area contributed by atoms with Crippen molar-refractivity contribution in [1.29, 1.82) is 0 Å². The molecule has 112 valence electrons. The van der Waals surface area contributed by atoms with Crippen molar-refractivity contribution >= 4 is 17.2 Å². The summed E-state index contributed by atoms with van der Waals surface area (Å²) < 4.78 is 5.59. The van der Waals surface area contributed by atoms with Crippen LogP contribution in [0.5, 0.6) is 0 Å². The van der Waals surface area contributed by atoms with E-state index in [4.69, 9.17) is 4.42 Å². The van der Waals surface area contributed by atoms with Crippen LogP contribution in [-0.2, 0) is 4.79 Å². The lowest BCUT2D eigenvalue weighted by Crippen LogP contribution is -2.26. The lowest BCUT2D eigenvalue weighted by molar-refractivity contribution is -0.117. The van der Waals surface area contributed by atoms with Crippen molar-refractivity contribution in [3.63, 3.8) is 0 Å². The molecule has 2 heterocycles. The maximum atomic E-state index is 12.7. The molecule has 0 fully saturated rings. The van der Waals surface area contributed by atoms with E-state index in [1.165, 1.54) is 0 Å². The number of benzene rings is 1. The van der Waals surface area contributed by atoms with E-state index >= 15 is 0 Å². The lowest BCUT2D eigenvalue weighted by atomic mass is 9.83. The van der Waals surface area contributed by atoms with Crippen LogP contribution in [0.2, 0.25) is 0 Å². The molecule has 4 rings (SSSR count). The summed E-state index contributed by atoms with van der Waals surface area (Å²) >= 11 is 0. The second-order valence-electron chi connectivity index (χ2n) is 6.09. The Balaban J connectivity index is 1.88. The average molecular weight is 294 g/mol. The number of para-hydroxylation sites is 2. The van der Waals surface area contributed by atoms with Gasteiger partial charge in [0, 0.05) is 17.7 Å². The Bertz CT molecular complexity index is 746. The van der Waals surface area contributed by atoms with Crippen molar-refractivity contribution in [2.24, 2.45) is 5.92 Å².